The molecule has 0 heterocycles. The van der Waals surface area contributed by atoms with Gasteiger partial charge in [0.15, 0.2) is 0 Å². The van der Waals surface area contributed by atoms with E-state index in [1.165, 1.54) is 0 Å². The van der Waals surface area contributed by atoms with Crippen molar-refractivity contribution in [3.63, 3.8) is 0 Å². The van der Waals surface area contributed by atoms with Crippen LogP contribution in [0.15, 0.2) is 0 Å². The van der Waals surface area contributed by atoms with Crippen LogP contribution in [0.1, 0.15) is 13.3 Å². The van der Waals surface area contributed by atoms with Crippen LogP contribution in [0.25, 0.3) is 0 Å². The molecule has 4 N–H and O–H groups in total. The van der Waals surface area contributed by atoms with E-state index in [-0.39, 0.29) is 11.0 Å². The lowest BCUT2D eigenvalue weighted by molar-refractivity contribution is 0.824. The smallest absolute Gasteiger partial charge is 0.0797 e. The normalized spacial score (nSPS) is 12.5. The van der Waals surface area contributed by atoms with E-state index < -0.39 is 0 Å². The summed E-state index contributed by atoms with van der Waals surface area (Å²) in [5.41, 5.74) is 4.91. The van der Waals surface area contributed by atoms with Crippen molar-refractivity contribution in [3.8, 4) is 0 Å². The maximum absolute atomic E-state index is 5.24. The van der Waals surface area contributed by atoms with Gasteiger partial charge in [0.2, 0.25) is 0 Å². The minimum Gasteiger partial charge on any atom is -0.412 e. The number of nitrogens with two attached hydrogens (primary N) is 1. The maximum Gasteiger partial charge on any atom is 0.0797 e. The van der Waals surface area contributed by atoms with Crippen LogP contribution in [-0.2, 0) is 0 Å². The molecule has 0 spiro atoms. The summed E-state index contributed by atoms with van der Waals surface area (Å²) in [4.78, 5) is 0. The largest absolute Gasteiger partial charge is 0.412 e. The van der Waals surface area contributed by atoms with Crippen LogP contribution >= 0.6 is 11.6 Å². The summed E-state index contributed by atoms with van der Waals surface area (Å²) in [6.07, 6.45) is 0.849. The highest BCUT2D eigenvalue weighted by molar-refractivity contribution is 6.20. The van der Waals surface area contributed by atoms with Crippen molar-refractivity contribution < 1.29 is 5.48 Å². The first kappa shape index (κ1) is 9.51. The van der Waals surface area contributed by atoms with Gasteiger partial charge in [0.25, 0.3) is 0 Å². The second kappa shape index (κ2) is 5.21. The van der Waals surface area contributed by atoms with Gasteiger partial charge in [0, 0.05) is 0 Å². The lowest BCUT2D eigenvalue weighted by Crippen LogP contribution is -2.08. The SMILES string of the molecule is CCC(N)Cl.O. The third kappa shape index (κ3) is 8.88. The van der Waals surface area contributed by atoms with Crippen LogP contribution in [0, 0.1) is 0 Å². The molecule has 0 saturated carbocycles. The second-order valence-corrected chi connectivity index (χ2v) is 1.48. The molecule has 0 bridgehead atoms. The molecule has 0 aromatic heterocycles. The molecular weight excluding hydrogens is 101 g/mol. The number of halogens is 1. The highest BCUT2D eigenvalue weighted by Crippen LogP contribution is 1.87. The Bertz CT molecular complexity index is 24.8. The van der Waals surface area contributed by atoms with Gasteiger partial charge >= 0.3 is 0 Å². The van der Waals surface area contributed by atoms with Gasteiger partial charge in [-0.05, 0) is 6.42 Å². The van der Waals surface area contributed by atoms with Crippen molar-refractivity contribution in [2.75, 3.05) is 0 Å². The number of alkyl halides is 1. The van der Waals surface area contributed by atoms with Gasteiger partial charge in [0.05, 0.1) is 5.50 Å². The first-order valence-electron chi connectivity index (χ1n) is 1.67. The molecule has 0 aromatic rings. The molecule has 0 amide bonds. The van der Waals surface area contributed by atoms with E-state index >= 15 is 0 Å². The topological polar surface area (TPSA) is 57.5 Å². The Labute approximate surface area is 42.6 Å². The van der Waals surface area contributed by atoms with Crippen molar-refractivity contribution in [1.82, 2.24) is 0 Å². The Hall–Kier alpha value is 0.210. The van der Waals surface area contributed by atoms with E-state index in [2.05, 4.69) is 0 Å². The van der Waals surface area contributed by atoms with Crippen molar-refractivity contribution in [2.24, 2.45) is 5.73 Å². The Morgan fingerprint density at radius 1 is 1.83 bits per heavy atom. The zero-order valence-corrected chi connectivity index (χ0v) is 4.50. The summed E-state index contributed by atoms with van der Waals surface area (Å²) in [5, 5.41) is 0. The van der Waals surface area contributed by atoms with Crippen molar-refractivity contribution in [1.29, 1.82) is 0 Å². The minimum atomic E-state index is -0.144. The zero-order chi connectivity index (χ0) is 4.28. The van der Waals surface area contributed by atoms with Gasteiger partial charge in [-0.15, -0.1) is 11.6 Å². The fourth-order valence-corrected chi connectivity index (χ4v) is 0. The Morgan fingerprint density at radius 2 is 2.00 bits per heavy atom. The molecule has 0 radical (unpaired) electrons. The average molecular weight is 112 g/mol. The lowest BCUT2D eigenvalue weighted by Gasteiger charge is -1.88. The van der Waals surface area contributed by atoms with E-state index in [4.69, 9.17) is 17.3 Å². The Kier molecular flexibility index (Phi) is 8.26. The standard InChI is InChI=1S/C3H8ClN.H2O/c1-2-3(4)5;/h3H,2,5H2,1H3;1H2. The van der Waals surface area contributed by atoms with Crippen LogP contribution < -0.4 is 5.73 Å². The molecule has 2 nitrogen and oxygen atoms in total. The van der Waals surface area contributed by atoms with Crippen LogP contribution in [0.5, 0.6) is 0 Å². The van der Waals surface area contributed by atoms with E-state index in [0.717, 1.165) is 6.42 Å². The Morgan fingerprint density at radius 3 is 2.00 bits per heavy atom. The van der Waals surface area contributed by atoms with Crippen LogP contribution in [0.3, 0.4) is 0 Å². The molecule has 0 aliphatic rings. The monoisotopic (exact) mass is 111 g/mol. The predicted octanol–water partition coefficient (Wildman–Crippen LogP) is 0.0953. The van der Waals surface area contributed by atoms with E-state index in [0.29, 0.717) is 0 Å². The van der Waals surface area contributed by atoms with Crippen molar-refractivity contribution >= 4 is 11.6 Å². The van der Waals surface area contributed by atoms with Gasteiger partial charge in [-0.1, -0.05) is 6.92 Å². The summed E-state index contributed by atoms with van der Waals surface area (Å²) >= 11 is 5.24. The molecule has 1 unspecified atom stereocenters. The summed E-state index contributed by atoms with van der Waals surface area (Å²) in [6.45, 7) is 1.94. The van der Waals surface area contributed by atoms with E-state index in [1.807, 2.05) is 6.92 Å². The van der Waals surface area contributed by atoms with Gasteiger partial charge in [-0.3, -0.25) is 0 Å². The van der Waals surface area contributed by atoms with Gasteiger partial charge in [0.1, 0.15) is 0 Å². The fraction of sp³-hybridized carbons (Fsp3) is 1.00. The third-order valence-electron chi connectivity index (χ3n) is 0.390. The molecule has 3 heteroatoms. The average Bonchev–Trinajstić information content (AvgIpc) is 1.38. The molecular formula is C3H10ClNO. The number of rotatable bonds is 1. The quantitative estimate of drug-likeness (QED) is 0.379. The summed E-state index contributed by atoms with van der Waals surface area (Å²) in [5.74, 6) is 0. The highest BCUT2D eigenvalue weighted by Gasteiger charge is 1.82. The zero-order valence-electron chi connectivity index (χ0n) is 3.74. The Balaban J connectivity index is 0. The number of hydrogen-bond donors (Lipinski definition) is 1. The fourth-order valence-electron chi connectivity index (χ4n) is 0. The minimum absolute atomic E-state index is 0. The first-order chi connectivity index (χ1) is 2.27. The van der Waals surface area contributed by atoms with Gasteiger partial charge in [-0.25, -0.2) is 0 Å². The predicted molar refractivity (Wildman–Crippen MR) is 27.7 cm³/mol. The molecule has 0 aliphatic heterocycles. The summed E-state index contributed by atoms with van der Waals surface area (Å²) in [6, 6.07) is 0. The molecule has 0 saturated heterocycles. The van der Waals surface area contributed by atoms with Gasteiger partial charge < -0.3 is 11.2 Å². The third-order valence-corrected chi connectivity index (χ3v) is 0.699. The van der Waals surface area contributed by atoms with E-state index in [9.17, 15) is 0 Å². The molecule has 6 heavy (non-hydrogen) atoms. The van der Waals surface area contributed by atoms with Crippen LogP contribution in [0.2, 0.25) is 0 Å². The molecule has 0 fully saturated rings. The number of hydrogen-bond acceptors (Lipinski definition) is 1. The lowest BCUT2D eigenvalue weighted by atomic mass is 10.5. The molecule has 0 aromatic carbocycles. The van der Waals surface area contributed by atoms with Crippen molar-refractivity contribution in [3.05, 3.63) is 0 Å². The molecule has 40 valence electrons. The molecule has 0 aliphatic carbocycles. The van der Waals surface area contributed by atoms with Crippen LogP contribution in [-0.4, -0.2) is 11.0 Å². The summed E-state index contributed by atoms with van der Waals surface area (Å²) in [7, 11) is 0. The molecule has 0 rings (SSSR count). The highest BCUT2D eigenvalue weighted by atomic mass is 35.5. The second-order valence-electron chi connectivity index (χ2n) is 0.924. The van der Waals surface area contributed by atoms with Crippen LogP contribution in [0.4, 0.5) is 0 Å². The van der Waals surface area contributed by atoms with E-state index in [1.54, 1.807) is 0 Å². The first-order valence-corrected chi connectivity index (χ1v) is 2.10. The summed E-state index contributed by atoms with van der Waals surface area (Å²) < 4.78 is 0. The molecule has 1 atom stereocenters. The van der Waals surface area contributed by atoms with Gasteiger partial charge in [-0.2, -0.15) is 0 Å². The maximum atomic E-state index is 5.24. The van der Waals surface area contributed by atoms with Crippen molar-refractivity contribution in [2.45, 2.75) is 18.8 Å².